The fourth-order valence-corrected chi connectivity index (χ4v) is 3.21. The molecule has 0 aromatic heterocycles. The first kappa shape index (κ1) is 23.3. The molecule has 0 aliphatic carbocycles. The molecule has 1 rings (SSSR count). The summed E-state index contributed by atoms with van der Waals surface area (Å²) >= 11 is 0. The maximum Gasteiger partial charge on any atom is 0.139 e. The van der Waals surface area contributed by atoms with Crippen molar-refractivity contribution in [1.29, 1.82) is 0 Å². The first-order valence-corrected chi connectivity index (χ1v) is 10.9. The summed E-state index contributed by atoms with van der Waals surface area (Å²) in [7, 11) is 0. The molecule has 0 fully saturated rings. The van der Waals surface area contributed by atoms with Crippen LogP contribution in [0.15, 0.2) is 29.4 Å². The molecule has 0 unspecified atom stereocenters. The minimum atomic E-state index is 0.266. The van der Waals surface area contributed by atoms with E-state index in [1.54, 1.807) is 0 Å². The van der Waals surface area contributed by atoms with Crippen molar-refractivity contribution in [3.63, 3.8) is 0 Å². The average molecular weight is 377 g/mol. The predicted molar refractivity (Wildman–Crippen MR) is 115 cm³/mol. The van der Waals surface area contributed by atoms with Gasteiger partial charge in [0.1, 0.15) is 11.6 Å². The van der Waals surface area contributed by atoms with E-state index in [9.17, 15) is 0 Å². The van der Waals surface area contributed by atoms with Crippen molar-refractivity contribution in [3.05, 3.63) is 29.8 Å². The van der Waals surface area contributed by atoms with E-state index in [0.717, 1.165) is 25.2 Å². The number of oxime groups is 1. The van der Waals surface area contributed by atoms with Gasteiger partial charge in [-0.1, -0.05) is 94.8 Å². The molecule has 3 N–H and O–H groups in total. The molecule has 0 heterocycles. The normalized spacial score (nSPS) is 11.7. The molecule has 0 radical (unpaired) electrons. The van der Waals surface area contributed by atoms with Crippen LogP contribution in [0, 0.1) is 0 Å². The molecule has 4 heteroatoms. The lowest BCUT2D eigenvalue weighted by Gasteiger charge is -2.07. The number of ether oxygens (including phenoxy) is 1. The Hall–Kier alpha value is -1.71. The summed E-state index contributed by atoms with van der Waals surface area (Å²) in [5, 5.41) is 11.5. The van der Waals surface area contributed by atoms with Crippen molar-refractivity contribution in [1.82, 2.24) is 0 Å². The number of nitrogens with zero attached hydrogens (tertiary/aromatic N) is 1. The Morgan fingerprint density at radius 1 is 0.852 bits per heavy atom. The summed E-state index contributed by atoms with van der Waals surface area (Å²) < 4.78 is 5.81. The van der Waals surface area contributed by atoms with Crippen molar-refractivity contribution < 1.29 is 9.94 Å². The van der Waals surface area contributed by atoms with Crippen molar-refractivity contribution in [2.75, 3.05) is 6.61 Å². The Labute approximate surface area is 166 Å². The number of benzene rings is 1. The van der Waals surface area contributed by atoms with E-state index in [-0.39, 0.29) is 5.84 Å². The third-order valence-electron chi connectivity index (χ3n) is 4.99. The molecular formula is C23H40N2O2. The second-order valence-electron chi connectivity index (χ2n) is 7.47. The first-order valence-electron chi connectivity index (χ1n) is 10.9. The zero-order valence-electron chi connectivity index (χ0n) is 17.3. The summed E-state index contributed by atoms with van der Waals surface area (Å²) in [6.45, 7) is 3.07. The topological polar surface area (TPSA) is 67.8 Å². The van der Waals surface area contributed by atoms with E-state index < -0.39 is 0 Å². The minimum absolute atomic E-state index is 0.266. The second-order valence-corrected chi connectivity index (χ2v) is 7.47. The van der Waals surface area contributed by atoms with Gasteiger partial charge in [0.15, 0.2) is 0 Å². The van der Waals surface area contributed by atoms with Crippen LogP contribution in [0.3, 0.4) is 0 Å². The van der Waals surface area contributed by atoms with Gasteiger partial charge in [-0.15, -0.1) is 0 Å². The van der Waals surface area contributed by atoms with Crippen LogP contribution in [0.4, 0.5) is 0 Å². The Kier molecular flexibility index (Phi) is 14.2. The van der Waals surface area contributed by atoms with E-state index in [4.69, 9.17) is 15.7 Å². The van der Waals surface area contributed by atoms with Gasteiger partial charge in [-0.05, 0) is 30.5 Å². The van der Waals surface area contributed by atoms with Gasteiger partial charge in [-0.25, -0.2) is 0 Å². The van der Waals surface area contributed by atoms with Crippen LogP contribution in [0.1, 0.15) is 96.0 Å². The summed E-state index contributed by atoms with van der Waals surface area (Å²) in [6, 6.07) is 8.09. The van der Waals surface area contributed by atoms with Crippen molar-refractivity contribution in [2.45, 2.75) is 96.8 Å². The molecule has 0 bridgehead atoms. The van der Waals surface area contributed by atoms with Crippen LogP contribution in [0.25, 0.3) is 0 Å². The molecule has 4 nitrogen and oxygen atoms in total. The molecule has 1 aromatic rings. The molecular weight excluding hydrogens is 336 g/mol. The monoisotopic (exact) mass is 376 g/mol. The molecule has 0 spiro atoms. The van der Waals surface area contributed by atoms with Gasteiger partial charge in [-0.3, -0.25) is 0 Å². The average Bonchev–Trinajstić information content (AvgIpc) is 2.70. The Morgan fingerprint density at radius 3 is 1.89 bits per heavy atom. The lowest BCUT2D eigenvalue weighted by atomic mass is 10.1. The van der Waals surface area contributed by atoms with Crippen molar-refractivity contribution in [2.24, 2.45) is 10.9 Å². The molecule has 0 atom stereocenters. The fourth-order valence-electron chi connectivity index (χ4n) is 3.21. The van der Waals surface area contributed by atoms with Crippen LogP contribution in [0.5, 0.6) is 5.75 Å². The van der Waals surface area contributed by atoms with Gasteiger partial charge >= 0.3 is 0 Å². The predicted octanol–water partition coefficient (Wildman–Crippen LogP) is 6.45. The number of nitrogens with two attached hydrogens (primary N) is 1. The van der Waals surface area contributed by atoms with Gasteiger partial charge in [0.05, 0.1) is 6.61 Å². The van der Waals surface area contributed by atoms with Crippen LogP contribution in [-0.4, -0.2) is 17.6 Å². The van der Waals surface area contributed by atoms with Crippen molar-refractivity contribution in [3.8, 4) is 5.75 Å². The molecule has 0 amide bonds. The van der Waals surface area contributed by atoms with E-state index >= 15 is 0 Å². The summed E-state index contributed by atoms with van der Waals surface area (Å²) in [5.41, 5.74) is 6.65. The molecule has 0 aliphatic heterocycles. The number of amidine groups is 1. The molecule has 0 saturated heterocycles. The third-order valence-corrected chi connectivity index (χ3v) is 4.99. The minimum Gasteiger partial charge on any atom is -0.494 e. The maximum absolute atomic E-state index is 8.55. The van der Waals surface area contributed by atoms with E-state index in [1.165, 1.54) is 76.2 Å². The number of rotatable bonds is 17. The Bertz CT molecular complexity index is 486. The summed E-state index contributed by atoms with van der Waals surface area (Å²) in [5.74, 6) is 1.19. The number of hydrogen-bond donors (Lipinski definition) is 2. The van der Waals surface area contributed by atoms with E-state index in [1.807, 2.05) is 24.3 Å². The Morgan fingerprint density at radius 2 is 1.37 bits per heavy atom. The van der Waals surface area contributed by atoms with Gasteiger partial charge < -0.3 is 15.7 Å². The molecule has 1 aromatic carbocycles. The standard InChI is InChI=1S/C23H40N2O2/c1-2-3-4-5-6-7-8-9-10-11-12-13-20-27-22-17-14-21(15-18-22)16-19-23(24)25-26/h14-15,17-18,26H,2-13,16,19-20H2,1H3,(H2,24,25). The smallest absolute Gasteiger partial charge is 0.139 e. The summed E-state index contributed by atoms with van der Waals surface area (Å²) in [4.78, 5) is 0. The van der Waals surface area contributed by atoms with Gasteiger partial charge in [-0.2, -0.15) is 0 Å². The van der Waals surface area contributed by atoms with Gasteiger partial charge in [0, 0.05) is 6.42 Å². The van der Waals surface area contributed by atoms with Gasteiger partial charge in [0.2, 0.25) is 0 Å². The highest BCUT2D eigenvalue weighted by molar-refractivity contribution is 5.79. The molecule has 27 heavy (non-hydrogen) atoms. The lowest BCUT2D eigenvalue weighted by molar-refractivity contribution is 0.304. The first-order chi connectivity index (χ1) is 13.3. The maximum atomic E-state index is 8.55. The van der Waals surface area contributed by atoms with Crippen LogP contribution in [0.2, 0.25) is 0 Å². The van der Waals surface area contributed by atoms with E-state index in [0.29, 0.717) is 6.42 Å². The van der Waals surface area contributed by atoms with E-state index in [2.05, 4.69) is 12.1 Å². The molecule has 0 saturated carbocycles. The zero-order chi connectivity index (χ0) is 19.6. The SMILES string of the molecule is CCCCCCCCCCCCCCOc1ccc(CCC(N)=NO)cc1. The highest BCUT2D eigenvalue weighted by Gasteiger charge is 1.99. The quantitative estimate of drug-likeness (QED) is 0.108. The van der Waals surface area contributed by atoms with Crippen LogP contribution < -0.4 is 10.5 Å². The Balaban J connectivity index is 1.93. The van der Waals surface area contributed by atoms with Crippen molar-refractivity contribution >= 4 is 5.84 Å². The molecule has 0 aliphatic rings. The second kappa shape index (κ2) is 16.5. The number of aryl methyl sites for hydroxylation is 1. The summed E-state index contributed by atoms with van der Waals surface area (Å²) in [6.07, 6.45) is 17.6. The lowest BCUT2D eigenvalue weighted by Crippen LogP contribution is -2.12. The third kappa shape index (κ3) is 13.2. The number of hydrogen-bond acceptors (Lipinski definition) is 3. The molecule has 154 valence electrons. The van der Waals surface area contributed by atoms with Crippen LogP contribution in [-0.2, 0) is 6.42 Å². The highest BCUT2D eigenvalue weighted by Crippen LogP contribution is 2.15. The number of unbranched alkanes of at least 4 members (excludes halogenated alkanes) is 11. The highest BCUT2D eigenvalue weighted by atomic mass is 16.5. The van der Waals surface area contributed by atoms with Gasteiger partial charge in [0.25, 0.3) is 0 Å². The fraction of sp³-hybridized carbons (Fsp3) is 0.696. The van der Waals surface area contributed by atoms with Crippen LogP contribution >= 0.6 is 0 Å². The zero-order valence-corrected chi connectivity index (χ0v) is 17.3. The largest absolute Gasteiger partial charge is 0.494 e.